The number of Topliss-reactive ketones (excluding diaryl/α,β-unsaturated/α-hetero) is 2. The van der Waals surface area contributed by atoms with Crippen molar-refractivity contribution >= 4 is 28.6 Å². The van der Waals surface area contributed by atoms with Crippen LogP contribution < -0.4 is 11.5 Å². The maximum Gasteiger partial charge on any atom is 0.238 e. The van der Waals surface area contributed by atoms with E-state index in [1.54, 1.807) is 0 Å². The third kappa shape index (κ3) is 2.19. The lowest BCUT2D eigenvalue weighted by atomic mass is 9.97. The van der Waals surface area contributed by atoms with E-state index in [9.17, 15) is 24.6 Å². The number of allylic oxidation sites excluding steroid dienone is 6. The first kappa shape index (κ1) is 15.3. The van der Waals surface area contributed by atoms with Crippen LogP contribution in [0.3, 0.4) is 0 Å². The monoisotopic (exact) mass is 324 g/mol. The molecule has 0 atom stereocenters. The van der Waals surface area contributed by atoms with Gasteiger partial charge in [-0.25, -0.2) is 0 Å². The predicted octanol–water partition coefficient (Wildman–Crippen LogP) is 0.673. The van der Waals surface area contributed by atoms with Crippen LogP contribution in [-0.4, -0.2) is 27.6 Å². The topological polar surface area (TPSA) is 144 Å². The second-order valence-electron chi connectivity index (χ2n) is 5.29. The maximum absolute atomic E-state index is 12.3. The minimum absolute atomic E-state index is 0.0436. The van der Waals surface area contributed by atoms with Gasteiger partial charge >= 0.3 is 0 Å². The summed E-state index contributed by atoms with van der Waals surface area (Å²) in [6.07, 6.45) is 3.74. The van der Waals surface area contributed by atoms with Crippen LogP contribution in [-0.2, 0) is 14.4 Å². The van der Waals surface area contributed by atoms with E-state index in [4.69, 9.17) is 11.5 Å². The molecule has 0 bridgehead atoms. The molecule has 0 saturated heterocycles. The molecule has 0 spiro atoms. The van der Waals surface area contributed by atoms with Gasteiger partial charge in [-0.2, -0.15) is 0 Å². The lowest BCUT2D eigenvalue weighted by molar-refractivity contribution is -0.130. The molecular weight excluding hydrogens is 312 g/mol. The number of nitrogen functional groups attached to an aromatic ring is 1. The van der Waals surface area contributed by atoms with Crippen molar-refractivity contribution in [3.8, 4) is 5.75 Å². The lowest BCUT2D eigenvalue weighted by Gasteiger charge is -2.08. The van der Waals surface area contributed by atoms with Crippen LogP contribution in [0.1, 0.15) is 5.56 Å². The molecule has 3 rings (SSSR count). The Morgan fingerprint density at radius 3 is 2.17 bits per heavy atom. The quantitative estimate of drug-likeness (QED) is 0.337. The molecule has 0 amide bonds. The summed E-state index contributed by atoms with van der Waals surface area (Å²) >= 11 is 0. The van der Waals surface area contributed by atoms with Crippen LogP contribution in [0.15, 0.2) is 59.0 Å². The van der Waals surface area contributed by atoms with Gasteiger partial charge in [-0.15, -0.1) is 0 Å². The van der Waals surface area contributed by atoms with Crippen molar-refractivity contribution in [2.45, 2.75) is 0 Å². The van der Waals surface area contributed by atoms with E-state index in [0.717, 1.165) is 6.08 Å². The second kappa shape index (κ2) is 5.24. The molecule has 24 heavy (non-hydrogen) atoms. The first-order chi connectivity index (χ1) is 11.3. The summed E-state index contributed by atoms with van der Waals surface area (Å²) in [5.74, 6) is -3.66. The SMILES string of the molecule is NC1=CC(=O)/C(=C2\C(=O)C(=O)C(c3ccc(N)cc3O)=C2O)C=C1. The number of aliphatic hydroxyl groups is 1. The largest absolute Gasteiger partial charge is 0.507 e. The van der Waals surface area contributed by atoms with Crippen molar-refractivity contribution in [3.63, 3.8) is 0 Å². The summed E-state index contributed by atoms with van der Waals surface area (Å²) in [7, 11) is 0. The minimum atomic E-state index is -1.03. The van der Waals surface area contributed by atoms with E-state index in [1.807, 2.05) is 0 Å². The van der Waals surface area contributed by atoms with Crippen LogP contribution >= 0.6 is 0 Å². The Balaban J connectivity index is 2.23. The van der Waals surface area contributed by atoms with Crippen LogP contribution in [0.25, 0.3) is 5.57 Å². The van der Waals surface area contributed by atoms with Crippen LogP contribution in [0.2, 0.25) is 0 Å². The van der Waals surface area contributed by atoms with Crippen molar-refractivity contribution in [3.05, 3.63) is 64.6 Å². The molecule has 7 heteroatoms. The number of phenolic OH excluding ortho intramolecular Hbond substituents is 1. The van der Waals surface area contributed by atoms with E-state index in [0.29, 0.717) is 0 Å². The van der Waals surface area contributed by atoms with Gasteiger partial charge in [0.05, 0.1) is 11.1 Å². The molecule has 2 aliphatic rings. The number of aliphatic hydroxyl groups excluding tert-OH is 1. The molecule has 0 aliphatic heterocycles. The Morgan fingerprint density at radius 1 is 0.875 bits per heavy atom. The van der Waals surface area contributed by atoms with Crippen LogP contribution in [0, 0.1) is 0 Å². The van der Waals surface area contributed by atoms with Gasteiger partial charge in [0, 0.05) is 34.7 Å². The number of hydrogen-bond acceptors (Lipinski definition) is 7. The summed E-state index contributed by atoms with van der Waals surface area (Å²) in [6.45, 7) is 0. The zero-order valence-corrected chi connectivity index (χ0v) is 12.2. The zero-order valence-electron chi connectivity index (χ0n) is 12.2. The molecular formula is C17H12N2O5. The zero-order chi connectivity index (χ0) is 17.6. The summed E-state index contributed by atoms with van der Waals surface area (Å²) in [6, 6.07) is 3.91. The fourth-order valence-electron chi connectivity index (χ4n) is 2.57. The molecule has 0 radical (unpaired) electrons. The van der Waals surface area contributed by atoms with Gasteiger partial charge in [-0.1, -0.05) is 0 Å². The van der Waals surface area contributed by atoms with Gasteiger partial charge in [-0.3, -0.25) is 14.4 Å². The van der Waals surface area contributed by atoms with Crippen molar-refractivity contribution in [1.82, 2.24) is 0 Å². The van der Waals surface area contributed by atoms with Crippen molar-refractivity contribution in [2.24, 2.45) is 5.73 Å². The van der Waals surface area contributed by atoms with Crippen molar-refractivity contribution in [2.75, 3.05) is 5.73 Å². The van der Waals surface area contributed by atoms with Gasteiger partial charge in [0.15, 0.2) is 5.78 Å². The van der Waals surface area contributed by atoms with Gasteiger partial charge in [0.1, 0.15) is 11.5 Å². The fourth-order valence-corrected chi connectivity index (χ4v) is 2.57. The predicted molar refractivity (Wildman–Crippen MR) is 85.5 cm³/mol. The molecule has 0 saturated carbocycles. The Kier molecular flexibility index (Phi) is 3.34. The number of rotatable bonds is 1. The van der Waals surface area contributed by atoms with Crippen molar-refractivity contribution in [1.29, 1.82) is 0 Å². The molecule has 0 unspecified atom stereocenters. The normalized spacial score (nSPS) is 20.8. The number of carbonyl (C=O) groups is 3. The number of hydrogen-bond donors (Lipinski definition) is 4. The molecule has 2 aliphatic carbocycles. The Morgan fingerprint density at radius 2 is 1.54 bits per heavy atom. The summed E-state index contributed by atoms with van der Waals surface area (Å²) in [5.41, 5.74) is 10.5. The minimum Gasteiger partial charge on any atom is -0.507 e. The lowest BCUT2D eigenvalue weighted by Crippen LogP contribution is -2.15. The average Bonchev–Trinajstić information content (AvgIpc) is 2.71. The van der Waals surface area contributed by atoms with Gasteiger partial charge < -0.3 is 21.7 Å². The Labute approximate surface area is 135 Å². The highest BCUT2D eigenvalue weighted by Crippen LogP contribution is 2.38. The second-order valence-corrected chi connectivity index (χ2v) is 5.29. The summed E-state index contributed by atoms with van der Waals surface area (Å²) in [5, 5.41) is 20.3. The number of benzene rings is 1. The number of ketones is 3. The fraction of sp³-hybridized carbons (Fsp3) is 0. The number of phenols is 1. The molecule has 6 N–H and O–H groups in total. The molecule has 7 nitrogen and oxygen atoms in total. The molecule has 120 valence electrons. The third-order valence-electron chi connectivity index (χ3n) is 3.70. The van der Waals surface area contributed by atoms with E-state index in [1.165, 1.54) is 30.4 Å². The Bertz CT molecular complexity index is 948. The van der Waals surface area contributed by atoms with Gasteiger partial charge in [-0.05, 0) is 24.3 Å². The van der Waals surface area contributed by atoms with Crippen LogP contribution in [0.5, 0.6) is 5.75 Å². The van der Waals surface area contributed by atoms with E-state index < -0.39 is 28.7 Å². The molecule has 0 heterocycles. The number of anilines is 1. The van der Waals surface area contributed by atoms with Gasteiger partial charge in [0.25, 0.3) is 0 Å². The molecule has 0 aromatic heterocycles. The highest BCUT2D eigenvalue weighted by atomic mass is 16.3. The van der Waals surface area contributed by atoms with E-state index >= 15 is 0 Å². The highest BCUT2D eigenvalue weighted by Gasteiger charge is 2.40. The first-order valence-corrected chi connectivity index (χ1v) is 6.86. The number of aromatic hydroxyl groups is 1. The van der Waals surface area contributed by atoms with E-state index in [-0.39, 0.29) is 33.8 Å². The average molecular weight is 324 g/mol. The van der Waals surface area contributed by atoms with Crippen molar-refractivity contribution < 1.29 is 24.6 Å². The summed E-state index contributed by atoms with van der Waals surface area (Å²) in [4.78, 5) is 36.5. The summed E-state index contributed by atoms with van der Waals surface area (Å²) < 4.78 is 0. The standard InChI is InChI=1S/C17H12N2O5/c18-7-1-3-9(11(20)5-7)13-15(22)14(17(24)16(13)23)10-4-2-8(19)6-12(10)21/h1-6,20,22H,18-19H2/b14-10-. The van der Waals surface area contributed by atoms with E-state index in [2.05, 4.69) is 0 Å². The maximum atomic E-state index is 12.3. The smallest absolute Gasteiger partial charge is 0.238 e. The molecule has 1 aromatic rings. The first-order valence-electron chi connectivity index (χ1n) is 6.86. The number of nitrogens with two attached hydrogens (primary N) is 2. The van der Waals surface area contributed by atoms with Crippen LogP contribution in [0.4, 0.5) is 5.69 Å². The number of carbonyl (C=O) groups excluding carboxylic acids is 3. The highest BCUT2D eigenvalue weighted by molar-refractivity contribution is 6.63. The Hall–Kier alpha value is -3.61. The molecule has 1 aromatic carbocycles. The third-order valence-corrected chi connectivity index (χ3v) is 3.70. The van der Waals surface area contributed by atoms with Gasteiger partial charge in [0.2, 0.25) is 11.6 Å². The molecule has 0 fully saturated rings.